The molecule has 0 spiro atoms. The number of aromatic nitrogens is 5. The summed E-state index contributed by atoms with van der Waals surface area (Å²) in [4.78, 5) is 21.3. The maximum atomic E-state index is 12.6. The maximum Gasteiger partial charge on any atom is 0.255 e. The van der Waals surface area contributed by atoms with Crippen LogP contribution in [0.15, 0.2) is 30.9 Å². The van der Waals surface area contributed by atoms with Crippen molar-refractivity contribution in [2.45, 2.75) is 46.2 Å². The highest BCUT2D eigenvalue weighted by Gasteiger charge is 2.20. The monoisotopic (exact) mass is 326 g/mol. The number of amides is 1. The molecular formula is C17H22N6O. The molecule has 1 amide bonds. The molecule has 0 aromatic carbocycles. The van der Waals surface area contributed by atoms with E-state index >= 15 is 0 Å². The number of imidazole rings is 1. The number of carbonyl (C=O) groups is 1. The first kappa shape index (κ1) is 16.2. The quantitative estimate of drug-likeness (QED) is 0.755. The fourth-order valence-electron chi connectivity index (χ4n) is 2.74. The number of aryl methyl sites for hydroxylation is 1. The molecule has 0 aliphatic rings. The molecule has 0 radical (unpaired) electrons. The first-order valence-corrected chi connectivity index (χ1v) is 8.27. The van der Waals surface area contributed by atoms with Gasteiger partial charge in [0.1, 0.15) is 0 Å². The molecule has 3 aromatic heterocycles. The fraction of sp³-hybridized carbons (Fsp3) is 0.412. The standard InChI is InChI=1S/C17H22N6O/c1-4-8-23-12(3)13(10-19-23)16(24)20-14(5-2)15-11-22-9-6-7-18-17(22)21-15/h6-7,9-11,14H,4-5,8H2,1-3H3,(H,20,24)/t14-/m1/s1. The minimum atomic E-state index is -0.159. The van der Waals surface area contributed by atoms with Crippen LogP contribution in [0.3, 0.4) is 0 Å². The first-order chi connectivity index (χ1) is 11.6. The van der Waals surface area contributed by atoms with Gasteiger partial charge in [-0.05, 0) is 25.8 Å². The second kappa shape index (κ2) is 6.82. The van der Waals surface area contributed by atoms with Crippen LogP contribution in [0.2, 0.25) is 0 Å². The van der Waals surface area contributed by atoms with E-state index in [1.807, 2.05) is 41.4 Å². The number of hydrogen-bond acceptors (Lipinski definition) is 4. The van der Waals surface area contributed by atoms with Gasteiger partial charge in [0.15, 0.2) is 0 Å². The average molecular weight is 326 g/mol. The third-order valence-electron chi connectivity index (χ3n) is 4.11. The van der Waals surface area contributed by atoms with Crippen molar-refractivity contribution in [3.8, 4) is 0 Å². The topological polar surface area (TPSA) is 77.1 Å². The molecule has 3 rings (SSSR count). The van der Waals surface area contributed by atoms with Crippen LogP contribution in [0.5, 0.6) is 0 Å². The molecule has 126 valence electrons. The molecule has 0 aliphatic heterocycles. The van der Waals surface area contributed by atoms with Gasteiger partial charge in [-0.3, -0.25) is 13.9 Å². The lowest BCUT2D eigenvalue weighted by molar-refractivity contribution is 0.0934. The first-order valence-electron chi connectivity index (χ1n) is 8.27. The highest BCUT2D eigenvalue weighted by molar-refractivity contribution is 5.95. The lowest BCUT2D eigenvalue weighted by Gasteiger charge is -2.14. The Morgan fingerprint density at radius 3 is 2.92 bits per heavy atom. The van der Waals surface area contributed by atoms with Crippen LogP contribution in [0.25, 0.3) is 5.78 Å². The second-order valence-corrected chi connectivity index (χ2v) is 5.79. The Labute approximate surface area is 140 Å². The Morgan fingerprint density at radius 1 is 1.38 bits per heavy atom. The van der Waals surface area contributed by atoms with Crippen molar-refractivity contribution in [2.24, 2.45) is 0 Å². The van der Waals surface area contributed by atoms with E-state index in [0.29, 0.717) is 11.3 Å². The molecule has 0 saturated heterocycles. The van der Waals surface area contributed by atoms with E-state index < -0.39 is 0 Å². The van der Waals surface area contributed by atoms with Gasteiger partial charge in [0.05, 0.1) is 23.5 Å². The second-order valence-electron chi connectivity index (χ2n) is 5.79. The number of nitrogens with one attached hydrogen (secondary N) is 1. The van der Waals surface area contributed by atoms with Crippen LogP contribution >= 0.6 is 0 Å². The predicted octanol–water partition coefficient (Wildman–Crippen LogP) is 2.53. The molecule has 1 N–H and O–H groups in total. The lowest BCUT2D eigenvalue weighted by atomic mass is 10.1. The summed E-state index contributed by atoms with van der Waals surface area (Å²) in [5.74, 6) is 0.513. The molecule has 0 aliphatic carbocycles. The highest BCUT2D eigenvalue weighted by Crippen LogP contribution is 2.17. The van der Waals surface area contributed by atoms with Crippen LogP contribution in [0.4, 0.5) is 0 Å². The zero-order valence-corrected chi connectivity index (χ0v) is 14.2. The van der Waals surface area contributed by atoms with Gasteiger partial charge in [-0.1, -0.05) is 13.8 Å². The SMILES string of the molecule is CCCn1ncc(C(=O)N[C@H](CC)c2cn3cccnc3n2)c1C. The summed E-state index contributed by atoms with van der Waals surface area (Å²) in [5.41, 5.74) is 2.31. The van der Waals surface area contributed by atoms with Gasteiger partial charge in [-0.25, -0.2) is 9.97 Å². The minimum absolute atomic E-state index is 0.119. The van der Waals surface area contributed by atoms with Crippen LogP contribution in [0, 0.1) is 6.92 Å². The summed E-state index contributed by atoms with van der Waals surface area (Å²) in [5, 5.41) is 7.35. The normalized spacial score (nSPS) is 12.5. The van der Waals surface area contributed by atoms with Crippen LogP contribution < -0.4 is 5.32 Å². The lowest BCUT2D eigenvalue weighted by Crippen LogP contribution is -2.28. The van der Waals surface area contributed by atoms with E-state index in [1.54, 1.807) is 12.4 Å². The molecule has 3 aromatic rings. The highest BCUT2D eigenvalue weighted by atomic mass is 16.1. The Bertz CT molecular complexity index is 817. The Hall–Kier alpha value is -2.70. The summed E-state index contributed by atoms with van der Waals surface area (Å²) in [6, 6.07) is 1.69. The van der Waals surface area contributed by atoms with Crippen molar-refractivity contribution in [1.29, 1.82) is 0 Å². The molecule has 0 unspecified atom stereocenters. The minimum Gasteiger partial charge on any atom is -0.344 e. The average Bonchev–Trinajstić information content (AvgIpc) is 3.17. The van der Waals surface area contributed by atoms with Crippen molar-refractivity contribution in [3.63, 3.8) is 0 Å². The van der Waals surface area contributed by atoms with E-state index in [2.05, 4.69) is 27.3 Å². The van der Waals surface area contributed by atoms with E-state index in [9.17, 15) is 4.79 Å². The van der Waals surface area contributed by atoms with Crippen molar-refractivity contribution in [2.75, 3.05) is 0 Å². The number of fused-ring (bicyclic) bond motifs is 1. The van der Waals surface area contributed by atoms with Crippen molar-refractivity contribution in [1.82, 2.24) is 29.5 Å². The van der Waals surface area contributed by atoms with Gasteiger partial charge >= 0.3 is 0 Å². The van der Waals surface area contributed by atoms with Crippen LogP contribution in [-0.4, -0.2) is 30.1 Å². The third-order valence-corrected chi connectivity index (χ3v) is 4.11. The predicted molar refractivity (Wildman–Crippen MR) is 90.7 cm³/mol. The number of nitrogens with zero attached hydrogens (tertiary/aromatic N) is 5. The molecule has 7 nitrogen and oxygen atoms in total. The Kier molecular flexibility index (Phi) is 4.59. The molecule has 0 bridgehead atoms. The van der Waals surface area contributed by atoms with Gasteiger partial charge in [0.2, 0.25) is 5.78 Å². The Morgan fingerprint density at radius 2 is 2.21 bits per heavy atom. The Balaban J connectivity index is 1.81. The summed E-state index contributed by atoms with van der Waals surface area (Å²) in [6.07, 6.45) is 8.87. The van der Waals surface area contributed by atoms with Gasteiger partial charge in [0.25, 0.3) is 5.91 Å². The van der Waals surface area contributed by atoms with Gasteiger partial charge < -0.3 is 5.32 Å². The van der Waals surface area contributed by atoms with E-state index in [0.717, 1.165) is 30.8 Å². The number of rotatable bonds is 6. The van der Waals surface area contributed by atoms with Gasteiger partial charge in [-0.2, -0.15) is 5.10 Å². The zero-order chi connectivity index (χ0) is 17.1. The summed E-state index contributed by atoms with van der Waals surface area (Å²) < 4.78 is 3.72. The number of carbonyl (C=O) groups excluding carboxylic acids is 1. The molecule has 0 saturated carbocycles. The summed E-state index contributed by atoms with van der Waals surface area (Å²) in [7, 11) is 0. The summed E-state index contributed by atoms with van der Waals surface area (Å²) in [6.45, 7) is 6.85. The van der Waals surface area contributed by atoms with E-state index in [1.165, 1.54) is 0 Å². The van der Waals surface area contributed by atoms with Crippen LogP contribution in [0.1, 0.15) is 54.5 Å². The van der Waals surface area contributed by atoms with Gasteiger partial charge in [0, 0.05) is 30.8 Å². The molecule has 24 heavy (non-hydrogen) atoms. The number of hydrogen-bond donors (Lipinski definition) is 1. The molecular weight excluding hydrogens is 304 g/mol. The summed E-state index contributed by atoms with van der Waals surface area (Å²) >= 11 is 0. The van der Waals surface area contributed by atoms with Crippen molar-refractivity contribution < 1.29 is 4.79 Å². The van der Waals surface area contributed by atoms with Crippen molar-refractivity contribution >= 4 is 11.7 Å². The third kappa shape index (κ3) is 3.02. The largest absolute Gasteiger partial charge is 0.344 e. The van der Waals surface area contributed by atoms with Gasteiger partial charge in [-0.15, -0.1) is 0 Å². The molecule has 3 heterocycles. The maximum absolute atomic E-state index is 12.6. The smallest absolute Gasteiger partial charge is 0.255 e. The molecule has 0 fully saturated rings. The molecule has 7 heteroatoms. The van der Waals surface area contributed by atoms with Crippen LogP contribution in [-0.2, 0) is 6.54 Å². The van der Waals surface area contributed by atoms with E-state index in [4.69, 9.17) is 0 Å². The van der Waals surface area contributed by atoms with E-state index in [-0.39, 0.29) is 11.9 Å². The fourth-order valence-corrected chi connectivity index (χ4v) is 2.74. The zero-order valence-electron chi connectivity index (χ0n) is 14.2. The molecule has 1 atom stereocenters. The van der Waals surface area contributed by atoms with Crippen molar-refractivity contribution in [3.05, 3.63) is 47.8 Å².